The first kappa shape index (κ1) is 19.8. The minimum absolute atomic E-state index is 0.0186. The zero-order chi connectivity index (χ0) is 21.1. The van der Waals surface area contributed by atoms with Crippen molar-refractivity contribution in [2.45, 2.75) is 18.8 Å². The minimum atomic E-state index is -0.375. The number of amides is 1. The van der Waals surface area contributed by atoms with E-state index in [-0.39, 0.29) is 22.4 Å². The molecule has 1 saturated heterocycles. The van der Waals surface area contributed by atoms with Crippen LogP contribution in [-0.4, -0.2) is 38.8 Å². The van der Waals surface area contributed by atoms with Crippen molar-refractivity contribution in [1.29, 1.82) is 5.26 Å². The molecule has 1 fully saturated rings. The molecule has 3 heterocycles. The molecule has 1 N–H and O–H groups in total. The zero-order valence-electron chi connectivity index (χ0n) is 16.0. The fourth-order valence-corrected chi connectivity index (χ4v) is 3.90. The predicted molar refractivity (Wildman–Crippen MR) is 112 cm³/mol. The predicted octanol–water partition coefficient (Wildman–Crippen LogP) is 3.38. The number of aromatic amines is 1. The third-order valence-corrected chi connectivity index (χ3v) is 5.61. The molecule has 8 heteroatoms. The Morgan fingerprint density at radius 1 is 1.20 bits per heavy atom. The van der Waals surface area contributed by atoms with E-state index in [4.69, 9.17) is 16.9 Å². The lowest BCUT2D eigenvalue weighted by atomic mass is 9.92. The van der Waals surface area contributed by atoms with Crippen molar-refractivity contribution in [1.82, 2.24) is 19.9 Å². The molecule has 2 aromatic heterocycles. The lowest BCUT2D eigenvalue weighted by Crippen LogP contribution is -2.38. The number of nitrogens with one attached hydrogen (secondary N) is 1. The maximum atomic E-state index is 12.8. The van der Waals surface area contributed by atoms with Crippen LogP contribution in [0.5, 0.6) is 0 Å². The normalized spacial score (nSPS) is 14.3. The maximum absolute atomic E-state index is 12.8. The van der Waals surface area contributed by atoms with E-state index in [0.717, 1.165) is 5.56 Å². The van der Waals surface area contributed by atoms with Gasteiger partial charge < -0.3 is 9.88 Å². The van der Waals surface area contributed by atoms with Crippen molar-refractivity contribution < 1.29 is 4.79 Å². The molecule has 7 nitrogen and oxygen atoms in total. The van der Waals surface area contributed by atoms with Crippen LogP contribution in [0.1, 0.15) is 40.4 Å². The molecule has 0 saturated carbocycles. The van der Waals surface area contributed by atoms with Gasteiger partial charge in [0.1, 0.15) is 10.8 Å². The summed E-state index contributed by atoms with van der Waals surface area (Å²) in [6.45, 7) is 1.05. The van der Waals surface area contributed by atoms with E-state index < -0.39 is 0 Å². The molecule has 0 atom stereocenters. The van der Waals surface area contributed by atoms with Crippen LogP contribution in [0.25, 0.3) is 11.4 Å². The number of aromatic nitrogens is 3. The van der Waals surface area contributed by atoms with E-state index in [0.29, 0.717) is 48.6 Å². The van der Waals surface area contributed by atoms with Crippen LogP contribution in [-0.2, 0) is 0 Å². The van der Waals surface area contributed by atoms with Gasteiger partial charge in [-0.3, -0.25) is 14.6 Å². The summed E-state index contributed by atoms with van der Waals surface area (Å²) in [5.41, 5.74) is 1.90. The van der Waals surface area contributed by atoms with Gasteiger partial charge in [-0.25, -0.2) is 4.98 Å². The van der Waals surface area contributed by atoms with E-state index in [1.54, 1.807) is 53.7 Å². The van der Waals surface area contributed by atoms with E-state index in [9.17, 15) is 9.59 Å². The number of pyridine rings is 1. The summed E-state index contributed by atoms with van der Waals surface area (Å²) in [6, 6.07) is 12.3. The summed E-state index contributed by atoms with van der Waals surface area (Å²) in [5, 5.41) is 9.14. The third-order valence-electron chi connectivity index (χ3n) is 5.25. The monoisotopic (exact) mass is 419 g/mol. The van der Waals surface area contributed by atoms with Gasteiger partial charge in [0.2, 0.25) is 0 Å². The van der Waals surface area contributed by atoms with E-state index >= 15 is 0 Å². The Hall–Kier alpha value is -3.50. The quantitative estimate of drug-likeness (QED) is 0.701. The van der Waals surface area contributed by atoms with E-state index in [1.807, 2.05) is 0 Å². The number of piperidine rings is 1. The molecule has 0 spiro atoms. The maximum Gasteiger partial charge on any atom is 0.270 e. The van der Waals surface area contributed by atoms with Gasteiger partial charge in [0.15, 0.2) is 0 Å². The lowest BCUT2D eigenvalue weighted by molar-refractivity contribution is 0.0712. The van der Waals surface area contributed by atoms with Crippen LogP contribution in [0.2, 0.25) is 5.02 Å². The molecule has 150 valence electrons. The van der Waals surface area contributed by atoms with Crippen LogP contribution in [0.4, 0.5) is 0 Å². The molecule has 0 radical (unpaired) electrons. The molecule has 0 bridgehead atoms. The number of halogens is 1. The second kappa shape index (κ2) is 8.47. The van der Waals surface area contributed by atoms with Crippen molar-refractivity contribution in [3.8, 4) is 17.5 Å². The summed E-state index contributed by atoms with van der Waals surface area (Å²) in [6.07, 6.45) is 4.56. The Morgan fingerprint density at radius 3 is 2.63 bits per heavy atom. The number of benzene rings is 1. The topological polar surface area (TPSA) is 103 Å². The van der Waals surface area contributed by atoms with Gasteiger partial charge in [-0.1, -0.05) is 17.7 Å². The first-order valence-electron chi connectivity index (χ1n) is 9.56. The third kappa shape index (κ3) is 3.95. The highest BCUT2D eigenvalue weighted by molar-refractivity contribution is 6.31. The SMILES string of the molecule is N#Cc1cccc(C(=O)N2CCC(c3nc(-c4ccncc4)[nH]c(=O)c3Cl)CC2)c1. The number of rotatable bonds is 3. The molecule has 30 heavy (non-hydrogen) atoms. The van der Waals surface area contributed by atoms with Gasteiger partial charge in [0.05, 0.1) is 17.3 Å². The number of H-pyrrole nitrogens is 1. The number of nitriles is 1. The Labute approximate surface area is 178 Å². The molecule has 3 aromatic rings. The molecule has 0 aliphatic carbocycles. The highest BCUT2D eigenvalue weighted by Gasteiger charge is 2.28. The summed E-state index contributed by atoms with van der Waals surface area (Å²) < 4.78 is 0. The van der Waals surface area contributed by atoms with Crippen LogP contribution < -0.4 is 5.56 Å². The highest BCUT2D eigenvalue weighted by Crippen LogP contribution is 2.31. The molecular formula is C22H18ClN5O2. The number of hydrogen-bond donors (Lipinski definition) is 1. The Kier molecular flexibility index (Phi) is 5.59. The van der Waals surface area contributed by atoms with Gasteiger partial charge in [0.25, 0.3) is 11.5 Å². The highest BCUT2D eigenvalue weighted by atomic mass is 35.5. The van der Waals surface area contributed by atoms with Crippen molar-refractivity contribution in [3.63, 3.8) is 0 Å². The Balaban J connectivity index is 1.53. The fraction of sp³-hybridized carbons (Fsp3) is 0.227. The first-order chi connectivity index (χ1) is 14.6. The van der Waals surface area contributed by atoms with Gasteiger partial charge in [-0.15, -0.1) is 0 Å². The van der Waals surface area contributed by atoms with Crippen LogP contribution >= 0.6 is 11.6 Å². The van der Waals surface area contributed by atoms with Crippen molar-refractivity contribution >= 4 is 17.5 Å². The summed E-state index contributed by atoms with van der Waals surface area (Å²) >= 11 is 6.28. The van der Waals surface area contributed by atoms with Gasteiger partial charge >= 0.3 is 0 Å². The van der Waals surface area contributed by atoms with Crippen molar-refractivity contribution in [2.75, 3.05) is 13.1 Å². The average Bonchev–Trinajstić information content (AvgIpc) is 2.81. The number of nitrogens with zero attached hydrogens (tertiary/aromatic N) is 4. The summed E-state index contributed by atoms with van der Waals surface area (Å²) in [7, 11) is 0. The number of carbonyl (C=O) groups is 1. The van der Waals surface area contributed by atoms with Crippen LogP contribution in [0.3, 0.4) is 0 Å². The van der Waals surface area contributed by atoms with E-state index in [1.165, 1.54) is 0 Å². The minimum Gasteiger partial charge on any atom is -0.339 e. The van der Waals surface area contributed by atoms with Crippen LogP contribution in [0.15, 0.2) is 53.6 Å². The largest absolute Gasteiger partial charge is 0.339 e. The molecule has 1 aliphatic rings. The number of likely N-dealkylation sites (tertiary alicyclic amines) is 1. The van der Waals surface area contributed by atoms with Gasteiger partial charge in [-0.05, 0) is 43.2 Å². The Bertz CT molecular complexity index is 1180. The fourth-order valence-electron chi connectivity index (χ4n) is 3.65. The second-order valence-corrected chi connectivity index (χ2v) is 7.49. The van der Waals surface area contributed by atoms with Gasteiger partial charge in [0, 0.05) is 42.5 Å². The average molecular weight is 420 g/mol. The molecule has 4 rings (SSSR count). The van der Waals surface area contributed by atoms with Crippen LogP contribution in [0, 0.1) is 11.3 Å². The van der Waals surface area contributed by atoms with Crippen molar-refractivity contribution in [2.24, 2.45) is 0 Å². The molecule has 1 amide bonds. The summed E-state index contributed by atoms with van der Waals surface area (Å²) in [4.78, 5) is 38.2. The first-order valence-corrected chi connectivity index (χ1v) is 9.94. The van der Waals surface area contributed by atoms with Crippen molar-refractivity contribution in [3.05, 3.63) is 81.0 Å². The lowest BCUT2D eigenvalue weighted by Gasteiger charge is -2.32. The molecule has 1 aromatic carbocycles. The molecule has 0 unspecified atom stereocenters. The smallest absolute Gasteiger partial charge is 0.270 e. The molecular weight excluding hydrogens is 402 g/mol. The molecule has 1 aliphatic heterocycles. The summed E-state index contributed by atoms with van der Waals surface area (Å²) in [5.74, 6) is 0.330. The van der Waals surface area contributed by atoms with Gasteiger partial charge in [-0.2, -0.15) is 5.26 Å². The van der Waals surface area contributed by atoms with E-state index in [2.05, 4.69) is 21.0 Å². The zero-order valence-corrected chi connectivity index (χ0v) is 16.8. The standard InChI is InChI=1S/C22H18ClN5O2/c23-18-19(26-20(27-21(18)29)16-4-8-25-9-5-16)15-6-10-28(11-7-15)22(30)17-3-1-2-14(12-17)13-24/h1-5,8-9,12,15H,6-7,10-11H2,(H,26,27,29). The second-order valence-electron chi connectivity index (χ2n) is 7.11. The Morgan fingerprint density at radius 2 is 1.93 bits per heavy atom. The number of hydrogen-bond acceptors (Lipinski definition) is 5. The number of carbonyl (C=O) groups excluding carboxylic acids is 1.